The zero-order valence-corrected chi connectivity index (χ0v) is 25.7. The molecule has 0 aromatic carbocycles. The Morgan fingerprint density at radius 3 is 1.98 bits per heavy atom. The molecule has 3 aliphatic heterocycles. The van der Waals surface area contributed by atoms with Crippen molar-refractivity contribution in [1.82, 2.24) is 29.1 Å². The molecule has 0 amide bonds. The molecule has 3 aliphatic rings. The Morgan fingerprint density at radius 2 is 1.37 bits per heavy atom. The quantitative estimate of drug-likeness (QED) is 0.108. The third-order valence-electron chi connectivity index (χ3n) is 7.68. The molecule has 4 aromatic rings. The van der Waals surface area contributed by atoms with E-state index in [0.29, 0.717) is 0 Å². The first-order valence-electron chi connectivity index (χ1n) is 13.4. The van der Waals surface area contributed by atoms with E-state index in [-0.39, 0.29) is 34.0 Å². The number of H-pyrrole nitrogens is 2. The van der Waals surface area contributed by atoms with Crippen LogP contribution in [0.15, 0.2) is 34.1 Å². The van der Waals surface area contributed by atoms with Crippen LogP contribution in [0.5, 0.6) is 0 Å². The van der Waals surface area contributed by atoms with Crippen LogP contribution in [0.3, 0.4) is 0 Å². The topological polar surface area (TPSA) is 307 Å². The van der Waals surface area contributed by atoms with Crippen LogP contribution in [0.2, 0.25) is 0 Å². The van der Waals surface area contributed by atoms with Gasteiger partial charge in [-0.3, -0.25) is 33.1 Å². The van der Waals surface area contributed by atoms with Gasteiger partial charge in [-0.05, 0) is 23.9 Å². The highest BCUT2D eigenvalue weighted by molar-refractivity contribution is 8.07. The number of ether oxygens (including phenoxy) is 2. The van der Waals surface area contributed by atoms with Crippen molar-refractivity contribution in [3.63, 3.8) is 0 Å². The van der Waals surface area contributed by atoms with Crippen LogP contribution in [-0.2, 0) is 43.9 Å². The molecule has 21 nitrogen and oxygen atoms in total. The van der Waals surface area contributed by atoms with Crippen LogP contribution in [-0.4, -0.2) is 98.9 Å². The molecule has 46 heavy (non-hydrogen) atoms. The summed E-state index contributed by atoms with van der Waals surface area (Å²) in [5.41, 5.74) is 10.4. The third kappa shape index (κ3) is 5.50. The Bertz CT molecular complexity index is 2050. The van der Waals surface area contributed by atoms with Crippen LogP contribution in [0.4, 0.5) is 11.9 Å². The maximum Gasteiger partial charge on any atom is 0.472 e. The molecule has 7 heterocycles. The number of anilines is 2. The Labute approximate surface area is 260 Å². The zero-order chi connectivity index (χ0) is 32.7. The van der Waals surface area contributed by atoms with Crippen LogP contribution in [0.1, 0.15) is 12.5 Å². The van der Waals surface area contributed by atoms with Gasteiger partial charge in [0.15, 0.2) is 23.8 Å². The van der Waals surface area contributed by atoms with E-state index in [2.05, 4.69) is 19.9 Å². The van der Waals surface area contributed by atoms with Crippen molar-refractivity contribution in [2.45, 2.75) is 49.1 Å². The number of hydrogen-bond donors (Lipinski definition) is 8. The number of aromatic amines is 2. The fourth-order valence-electron chi connectivity index (χ4n) is 5.64. The number of nitrogen functional groups attached to an aromatic ring is 2. The summed E-state index contributed by atoms with van der Waals surface area (Å²) >= 11 is 5.22. The molecule has 248 valence electrons. The van der Waals surface area contributed by atoms with Gasteiger partial charge >= 0.3 is 14.5 Å². The number of aliphatic hydroxyl groups is 2. The number of phosphoric ester groups is 1. The van der Waals surface area contributed by atoms with Gasteiger partial charge in [0, 0.05) is 12.4 Å². The van der Waals surface area contributed by atoms with Crippen molar-refractivity contribution in [3.05, 3.63) is 45.2 Å². The summed E-state index contributed by atoms with van der Waals surface area (Å²) in [4.78, 5) is 59.3. The van der Waals surface area contributed by atoms with Gasteiger partial charge < -0.3 is 54.6 Å². The molecule has 0 saturated carbocycles. The molecule has 0 spiro atoms. The predicted octanol–water partition coefficient (Wildman–Crippen LogP) is -1.72. The number of aromatic nitrogens is 6. The number of phosphoric acid groups is 1. The average Bonchev–Trinajstić information content (AvgIpc) is 3.72. The fraction of sp³-hybridized carbons (Fsp3) is 0.455. The smallest absolute Gasteiger partial charge is 0.387 e. The zero-order valence-electron chi connectivity index (χ0n) is 23.1. The molecule has 4 unspecified atom stereocenters. The van der Waals surface area contributed by atoms with Crippen LogP contribution in [0, 0.1) is 0 Å². The lowest BCUT2D eigenvalue weighted by Crippen LogP contribution is -2.36. The van der Waals surface area contributed by atoms with Crippen molar-refractivity contribution >= 4 is 60.3 Å². The summed E-state index contributed by atoms with van der Waals surface area (Å²) in [7, 11) is -5.04. The number of nitrogens with zero attached hydrogens (tertiary/aromatic N) is 4. The maximum absolute atomic E-state index is 13.1. The minimum absolute atomic E-state index is 0.0311. The van der Waals surface area contributed by atoms with E-state index < -0.39 is 88.0 Å². The summed E-state index contributed by atoms with van der Waals surface area (Å²) in [5.74, 6) is -0.426. The molecule has 3 saturated heterocycles. The lowest BCUT2D eigenvalue weighted by molar-refractivity contribution is -0.0634. The summed E-state index contributed by atoms with van der Waals surface area (Å²) < 4.78 is 49.2. The predicted molar refractivity (Wildman–Crippen MR) is 157 cm³/mol. The van der Waals surface area contributed by atoms with E-state index in [0.717, 1.165) is 0 Å². The average molecular weight is 705 g/mol. The number of nitrogens with two attached hydrogens (primary N) is 2. The van der Waals surface area contributed by atoms with Gasteiger partial charge in [-0.2, -0.15) is 9.97 Å². The summed E-state index contributed by atoms with van der Waals surface area (Å²) in [5, 5.41) is 22.6. The van der Waals surface area contributed by atoms with E-state index in [1.54, 1.807) is 0 Å². The molecule has 2 bridgehead atoms. The Balaban J connectivity index is 1.21. The van der Waals surface area contributed by atoms with E-state index in [9.17, 15) is 34.2 Å². The summed E-state index contributed by atoms with van der Waals surface area (Å²) in [6, 6.07) is 2.80. The first-order chi connectivity index (χ1) is 21.7. The molecule has 24 heteroatoms. The lowest BCUT2D eigenvalue weighted by atomic mass is 10.1. The van der Waals surface area contributed by atoms with Crippen LogP contribution >= 0.6 is 14.5 Å². The highest BCUT2D eigenvalue weighted by Gasteiger charge is 2.53. The number of aliphatic hydroxyl groups excluding tert-OH is 2. The SMILES string of the molecule is Nc1nc2c(ccn2[C@@H]2O[C@@H]3COP(=O)(O)OC4[C@@H](COP(O)(=S)OC2[C@H]3O)O[C@@H](n2ccc3c(=O)[nH]c(N)nc32)[C@H]4O)c(=O)[nH]1. The van der Waals surface area contributed by atoms with Crippen molar-refractivity contribution in [1.29, 1.82) is 0 Å². The molecular weight excluding hydrogens is 678 g/mol. The molecule has 10 atom stereocenters. The Hall–Kier alpha value is -3.08. The highest BCUT2D eigenvalue weighted by Crippen LogP contribution is 2.54. The first-order valence-corrected chi connectivity index (χ1v) is 17.5. The van der Waals surface area contributed by atoms with Crippen LogP contribution in [0.25, 0.3) is 22.1 Å². The van der Waals surface area contributed by atoms with Gasteiger partial charge in [0.05, 0.1) is 24.0 Å². The molecule has 10 N–H and O–H groups in total. The summed E-state index contributed by atoms with van der Waals surface area (Å²) in [6.45, 7) is -5.69. The minimum atomic E-state index is -5.04. The second-order valence-corrected chi connectivity index (χ2v) is 14.8. The van der Waals surface area contributed by atoms with Gasteiger partial charge in [0.25, 0.3) is 11.1 Å². The van der Waals surface area contributed by atoms with Gasteiger partial charge in [0.2, 0.25) is 11.9 Å². The fourth-order valence-corrected chi connectivity index (χ4v) is 8.02. The highest BCUT2D eigenvalue weighted by atomic mass is 32.5. The van der Waals surface area contributed by atoms with Crippen molar-refractivity contribution in [3.8, 4) is 0 Å². The van der Waals surface area contributed by atoms with E-state index in [4.69, 9.17) is 50.8 Å². The molecule has 4 aromatic heterocycles. The molecule has 0 aliphatic carbocycles. The number of fused-ring (bicyclic) bond motifs is 5. The summed E-state index contributed by atoms with van der Waals surface area (Å²) in [6.07, 6.45) is -9.07. The standard InChI is InChI=1S/C22H26N8O13P2S/c23-21-25-15-7(17(33)27-21)1-3-29(15)19-12(32)13-10(41-19)6-39-45(37,46)43-14-11(31)9(5-38-44(35,36)42-13)40-20(14)30-4-2-8-16(30)26-22(24)28-18(8)34/h1-4,9-14,19-20,31-32H,5-6H2,(H,35,36)(H,37,46)(H3,23,25,27,33)(H3,24,26,28,34)/t9-,10-,11+,12+,13?,14?,19-,20-,45?/m1/s1. The van der Waals surface area contributed by atoms with E-state index in [1.165, 1.54) is 33.7 Å². The van der Waals surface area contributed by atoms with Crippen LogP contribution < -0.4 is 22.6 Å². The van der Waals surface area contributed by atoms with Gasteiger partial charge in [-0.15, -0.1) is 0 Å². The number of hydrogen-bond acceptors (Lipinski definition) is 16. The minimum Gasteiger partial charge on any atom is -0.387 e. The second kappa shape index (κ2) is 11.3. The van der Waals surface area contributed by atoms with E-state index in [1.807, 2.05) is 0 Å². The molecular formula is C22H26N8O13P2S. The normalized spacial score (nSPS) is 37.1. The third-order valence-corrected chi connectivity index (χ3v) is 10.2. The van der Waals surface area contributed by atoms with Gasteiger partial charge in [0.1, 0.15) is 36.6 Å². The Morgan fingerprint density at radius 1 is 0.826 bits per heavy atom. The first kappa shape index (κ1) is 31.5. The molecule has 0 radical (unpaired) electrons. The molecule has 7 rings (SSSR count). The second-order valence-electron chi connectivity index (χ2n) is 10.6. The molecule has 3 fully saturated rings. The van der Waals surface area contributed by atoms with Gasteiger partial charge in [-0.1, -0.05) is 0 Å². The monoisotopic (exact) mass is 704 g/mol. The van der Waals surface area contributed by atoms with Crippen molar-refractivity contribution in [2.75, 3.05) is 24.7 Å². The van der Waals surface area contributed by atoms with Gasteiger partial charge in [-0.25, -0.2) is 4.57 Å². The maximum atomic E-state index is 13.1. The van der Waals surface area contributed by atoms with Crippen molar-refractivity contribution in [2.24, 2.45) is 0 Å². The Kier molecular flexibility index (Phi) is 7.72. The van der Waals surface area contributed by atoms with Crippen molar-refractivity contribution < 1.29 is 52.1 Å². The number of nitrogens with one attached hydrogen (secondary N) is 2. The lowest BCUT2D eigenvalue weighted by Gasteiger charge is -2.27. The van der Waals surface area contributed by atoms with E-state index >= 15 is 0 Å². The largest absolute Gasteiger partial charge is 0.472 e. The number of rotatable bonds is 2.